The molecule has 0 spiro atoms. The number of hydrogen-bond acceptors (Lipinski definition) is 4. The molecule has 0 radical (unpaired) electrons. The SMILES string of the molecule is COCCN(CC(=O)O)C(=O)C1CCCCN1. The molecule has 0 aromatic carbocycles. The van der Waals surface area contributed by atoms with E-state index in [9.17, 15) is 9.59 Å². The Morgan fingerprint density at radius 2 is 2.24 bits per heavy atom. The third-order valence-electron chi connectivity index (χ3n) is 2.81. The molecule has 6 heteroatoms. The van der Waals surface area contributed by atoms with E-state index in [1.807, 2.05) is 0 Å². The van der Waals surface area contributed by atoms with E-state index in [0.717, 1.165) is 25.8 Å². The van der Waals surface area contributed by atoms with Crippen molar-refractivity contribution in [2.45, 2.75) is 25.3 Å². The number of amides is 1. The second-order valence-corrected chi connectivity index (χ2v) is 4.15. The minimum Gasteiger partial charge on any atom is -0.480 e. The number of hydrogen-bond donors (Lipinski definition) is 2. The maximum atomic E-state index is 12.1. The van der Waals surface area contributed by atoms with Crippen LogP contribution in [0, 0.1) is 0 Å². The molecule has 1 heterocycles. The molecular formula is C11H20N2O4. The van der Waals surface area contributed by atoms with Crippen molar-refractivity contribution in [1.29, 1.82) is 0 Å². The van der Waals surface area contributed by atoms with E-state index < -0.39 is 5.97 Å². The number of carboxylic acids is 1. The molecule has 2 N–H and O–H groups in total. The Morgan fingerprint density at radius 1 is 1.47 bits per heavy atom. The van der Waals surface area contributed by atoms with E-state index in [0.29, 0.717) is 13.2 Å². The molecule has 1 saturated heterocycles. The molecule has 0 saturated carbocycles. The maximum Gasteiger partial charge on any atom is 0.323 e. The zero-order valence-electron chi connectivity index (χ0n) is 10.1. The Balaban J connectivity index is 2.53. The van der Waals surface area contributed by atoms with E-state index in [1.165, 1.54) is 12.0 Å². The first-order chi connectivity index (χ1) is 8.15. The Kier molecular flexibility index (Phi) is 5.93. The molecule has 1 aliphatic rings. The number of nitrogens with zero attached hydrogens (tertiary/aromatic N) is 1. The summed E-state index contributed by atoms with van der Waals surface area (Å²) in [7, 11) is 1.53. The molecule has 0 aromatic rings. The highest BCUT2D eigenvalue weighted by Gasteiger charge is 2.26. The lowest BCUT2D eigenvalue weighted by molar-refractivity contribution is -0.146. The van der Waals surface area contributed by atoms with Gasteiger partial charge in [0.25, 0.3) is 0 Å². The van der Waals surface area contributed by atoms with Crippen molar-refractivity contribution >= 4 is 11.9 Å². The zero-order valence-corrected chi connectivity index (χ0v) is 10.1. The van der Waals surface area contributed by atoms with Crippen molar-refractivity contribution in [2.75, 3.05) is 33.4 Å². The molecule has 0 aliphatic carbocycles. The van der Waals surface area contributed by atoms with Crippen molar-refractivity contribution in [1.82, 2.24) is 10.2 Å². The van der Waals surface area contributed by atoms with Crippen LogP contribution in [0.3, 0.4) is 0 Å². The number of piperidine rings is 1. The summed E-state index contributed by atoms with van der Waals surface area (Å²) < 4.78 is 4.88. The third-order valence-corrected chi connectivity index (χ3v) is 2.81. The molecule has 1 amide bonds. The molecule has 0 bridgehead atoms. The van der Waals surface area contributed by atoms with Gasteiger partial charge in [0, 0.05) is 13.7 Å². The lowest BCUT2D eigenvalue weighted by Crippen LogP contribution is -2.50. The first kappa shape index (κ1) is 13.9. The Bertz CT molecular complexity index is 264. The van der Waals surface area contributed by atoms with Crippen LogP contribution in [-0.4, -0.2) is 61.3 Å². The average Bonchev–Trinajstić information content (AvgIpc) is 2.34. The minimum absolute atomic E-state index is 0.135. The van der Waals surface area contributed by atoms with Gasteiger partial charge in [-0.2, -0.15) is 0 Å². The molecule has 17 heavy (non-hydrogen) atoms. The van der Waals surface area contributed by atoms with Gasteiger partial charge in [0.1, 0.15) is 6.54 Å². The molecule has 6 nitrogen and oxygen atoms in total. The topological polar surface area (TPSA) is 78.9 Å². The number of rotatable bonds is 6. The molecule has 1 unspecified atom stereocenters. The van der Waals surface area contributed by atoms with Gasteiger partial charge in [-0.05, 0) is 19.4 Å². The highest BCUT2D eigenvalue weighted by Crippen LogP contribution is 2.09. The largest absolute Gasteiger partial charge is 0.480 e. The normalized spacial score (nSPS) is 19.9. The van der Waals surface area contributed by atoms with Crippen molar-refractivity contribution in [3.05, 3.63) is 0 Å². The van der Waals surface area contributed by atoms with Crippen LogP contribution in [-0.2, 0) is 14.3 Å². The fraction of sp³-hybridized carbons (Fsp3) is 0.818. The average molecular weight is 244 g/mol. The fourth-order valence-electron chi connectivity index (χ4n) is 1.91. The van der Waals surface area contributed by atoms with Gasteiger partial charge in [-0.25, -0.2) is 0 Å². The van der Waals surface area contributed by atoms with E-state index in [2.05, 4.69) is 5.32 Å². The predicted octanol–water partition coefficient (Wildman–Crippen LogP) is -0.312. The number of carbonyl (C=O) groups excluding carboxylic acids is 1. The lowest BCUT2D eigenvalue weighted by atomic mass is 10.0. The van der Waals surface area contributed by atoms with Crippen LogP contribution in [0.4, 0.5) is 0 Å². The van der Waals surface area contributed by atoms with Gasteiger partial charge in [0.05, 0.1) is 12.6 Å². The first-order valence-electron chi connectivity index (χ1n) is 5.88. The van der Waals surface area contributed by atoms with Gasteiger partial charge >= 0.3 is 5.97 Å². The number of carbonyl (C=O) groups is 2. The van der Waals surface area contributed by atoms with Gasteiger partial charge in [-0.15, -0.1) is 0 Å². The number of carboxylic acid groups (broad SMARTS) is 1. The minimum atomic E-state index is -0.995. The summed E-state index contributed by atoms with van der Waals surface area (Å²) in [5.41, 5.74) is 0. The van der Waals surface area contributed by atoms with Gasteiger partial charge in [0.15, 0.2) is 0 Å². The maximum absolute atomic E-state index is 12.1. The second-order valence-electron chi connectivity index (χ2n) is 4.15. The zero-order chi connectivity index (χ0) is 12.7. The summed E-state index contributed by atoms with van der Waals surface area (Å²) in [6.45, 7) is 1.23. The van der Waals surface area contributed by atoms with Crippen LogP contribution < -0.4 is 5.32 Å². The van der Waals surface area contributed by atoms with Gasteiger partial charge in [-0.3, -0.25) is 9.59 Å². The Morgan fingerprint density at radius 3 is 2.76 bits per heavy atom. The molecular weight excluding hydrogens is 224 g/mol. The molecule has 0 aromatic heterocycles. The highest BCUT2D eigenvalue weighted by molar-refractivity contribution is 5.85. The number of ether oxygens (including phenoxy) is 1. The van der Waals surface area contributed by atoms with Crippen LogP contribution >= 0.6 is 0 Å². The molecule has 98 valence electrons. The molecule has 1 atom stereocenters. The molecule has 1 rings (SSSR count). The van der Waals surface area contributed by atoms with Crippen LogP contribution in [0.15, 0.2) is 0 Å². The summed E-state index contributed by atoms with van der Waals surface area (Å²) in [5.74, 6) is -1.13. The summed E-state index contributed by atoms with van der Waals surface area (Å²) in [5, 5.41) is 11.9. The van der Waals surface area contributed by atoms with Crippen LogP contribution in [0.25, 0.3) is 0 Å². The fourth-order valence-corrected chi connectivity index (χ4v) is 1.91. The van der Waals surface area contributed by atoms with Crippen LogP contribution in [0.5, 0.6) is 0 Å². The van der Waals surface area contributed by atoms with Gasteiger partial charge < -0.3 is 20.1 Å². The standard InChI is InChI=1S/C11H20N2O4/c1-17-7-6-13(8-10(14)15)11(16)9-4-2-3-5-12-9/h9,12H,2-8H2,1H3,(H,14,15). The van der Waals surface area contributed by atoms with Crippen LogP contribution in [0.2, 0.25) is 0 Å². The smallest absolute Gasteiger partial charge is 0.323 e. The van der Waals surface area contributed by atoms with Crippen molar-refractivity contribution in [3.8, 4) is 0 Å². The quantitative estimate of drug-likeness (QED) is 0.670. The highest BCUT2D eigenvalue weighted by atomic mass is 16.5. The predicted molar refractivity (Wildman–Crippen MR) is 61.7 cm³/mol. The first-order valence-corrected chi connectivity index (χ1v) is 5.88. The van der Waals surface area contributed by atoms with Gasteiger partial charge in [-0.1, -0.05) is 6.42 Å². The van der Waals surface area contributed by atoms with E-state index in [4.69, 9.17) is 9.84 Å². The Labute approximate surface area is 101 Å². The van der Waals surface area contributed by atoms with E-state index >= 15 is 0 Å². The van der Waals surface area contributed by atoms with Crippen LogP contribution in [0.1, 0.15) is 19.3 Å². The van der Waals surface area contributed by atoms with Crippen molar-refractivity contribution in [3.63, 3.8) is 0 Å². The van der Waals surface area contributed by atoms with Gasteiger partial charge in [0.2, 0.25) is 5.91 Å². The van der Waals surface area contributed by atoms with Crippen molar-refractivity contribution in [2.24, 2.45) is 0 Å². The van der Waals surface area contributed by atoms with E-state index in [-0.39, 0.29) is 18.5 Å². The third kappa shape index (κ3) is 4.70. The van der Waals surface area contributed by atoms with Crippen molar-refractivity contribution < 1.29 is 19.4 Å². The molecule has 1 fully saturated rings. The Hall–Kier alpha value is -1.14. The van der Waals surface area contributed by atoms with E-state index in [1.54, 1.807) is 0 Å². The summed E-state index contributed by atoms with van der Waals surface area (Å²) in [6.07, 6.45) is 2.86. The second kappa shape index (κ2) is 7.24. The summed E-state index contributed by atoms with van der Waals surface area (Å²) in [6, 6.07) is -0.236. The lowest BCUT2D eigenvalue weighted by Gasteiger charge is -2.28. The summed E-state index contributed by atoms with van der Waals surface area (Å²) >= 11 is 0. The number of methoxy groups -OCH3 is 1. The number of nitrogens with one attached hydrogen (secondary N) is 1. The number of aliphatic carboxylic acids is 1. The summed E-state index contributed by atoms with van der Waals surface area (Å²) in [4.78, 5) is 24.1. The molecule has 1 aliphatic heterocycles. The monoisotopic (exact) mass is 244 g/mol.